The van der Waals surface area contributed by atoms with Crippen LogP contribution in [0, 0.1) is 6.92 Å². The van der Waals surface area contributed by atoms with E-state index in [2.05, 4.69) is 10.3 Å². The highest BCUT2D eigenvalue weighted by Crippen LogP contribution is 2.35. The zero-order chi connectivity index (χ0) is 17.6. The van der Waals surface area contributed by atoms with Crippen LogP contribution in [0.5, 0.6) is 0 Å². The third-order valence-corrected chi connectivity index (χ3v) is 5.77. The summed E-state index contributed by atoms with van der Waals surface area (Å²) in [6.45, 7) is 7.03. The summed E-state index contributed by atoms with van der Waals surface area (Å²) < 4.78 is 38.5. The lowest BCUT2D eigenvalue weighted by Gasteiger charge is -2.38. The monoisotopic (exact) mass is 357 g/mol. The van der Waals surface area contributed by atoms with Crippen molar-refractivity contribution in [3.8, 4) is 0 Å². The highest BCUT2D eigenvalue weighted by molar-refractivity contribution is 7.20. The van der Waals surface area contributed by atoms with Crippen LogP contribution in [0.2, 0.25) is 0 Å². The van der Waals surface area contributed by atoms with Crippen molar-refractivity contribution in [1.29, 1.82) is 0 Å². The maximum atomic E-state index is 12.9. The number of carbonyl (C=O) groups excluding carboxylic acids is 1. The van der Waals surface area contributed by atoms with Crippen molar-refractivity contribution in [1.82, 2.24) is 15.2 Å². The Morgan fingerprint density at radius 1 is 1.38 bits per heavy atom. The molecule has 1 saturated heterocycles. The molecule has 2 aromatic heterocycles. The van der Waals surface area contributed by atoms with E-state index in [1.807, 2.05) is 13.8 Å². The van der Waals surface area contributed by atoms with Gasteiger partial charge in [-0.25, -0.2) is 4.98 Å². The molecule has 1 aliphatic rings. The molecule has 1 aliphatic heterocycles. The maximum absolute atomic E-state index is 12.9. The Hall–Kier alpha value is -1.67. The first kappa shape index (κ1) is 17.2. The van der Waals surface area contributed by atoms with Crippen LogP contribution in [0.3, 0.4) is 0 Å². The number of aromatic nitrogens is 1. The van der Waals surface area contributed by atoms with Gasteiger partial charge in [0.15, 0.2) is 0 Å². The molecule has 1 fully saturated rings. The first-order chi connectivity index (χ1) is 11.2. The molecule has 1 amide bonds. The molecule has 2 atom stereocenters. The van der Waals surface area contributed by atoms with Gasteiger partial charge in [-0.2, -0.15) is 13.2 Å². The zero-order valence-electron chi connectivity index (χ0n) is 13.6. The summed E-state index contributed by atoms with van der Waals surface area (Å²) in [6, 6.07) is 2.56. The third-order valence-electron chi connectivity index (χ3n) is 4.58. The van der Waals surface area contributed by atoms with Gasteiger partial charge >= 0.3 is 6.18 Å². The van der Waals surface area contributed by atoms with Crippen molar-refractivity contribution >= 4 is 27.5 Å². The summed E-state index contributed by atoms with van der Waals surface area (Å²) in [6.07, 6.45) is -4.49. The van der Waals surface area contributed by atoms with Crippen LogP contribution >= 0.6 is 11.3 Å². The van der Waals surface area contributed by atoms with E-state index in [9.17, 15) is 18.0 Å². The Kier molecular flexibility index (Phi) is 4.29. The van der Waals surface area contributed by atoms with E-state index in [4.69, 9.17) is 0 Å². The topological polar surface area (TPSA) is 45.2 Å². The van der Waals surface area contributed by atoms with Crippen molar-refractivity contribution in [2.75, 3.05) is 13.1 Å². The summed E-state index contributed by atoms with van der Waals surface area (Å²) in [5.74, 6) is -0.134. The molecule has 2 unspecified atom stereocenters. The van der Waals surface area contributed by atoms with Crippen LogP contribution in [0.4, 0.5) is 13.2 Å². The molecule has 0 aromatic carbocycles. The minimum Gasteiger partial charge on any atom is -0.332 e. The van der Waals surface area contributed by atoms with Crippen LogP contribution < -0.4 is 5.32 Å². The highest BCUT2D eigenvalue weighted by Gasteiger charge is 2.34. The largest absolute Gasteiger partial charge is 0.433 e. The quantitative estimate of drug-likeness (QED) is 0.850. The second-order valence-electron chi connectivity index (χ2n) is 6.09. The summed E-state index contributed by atoms with van der Waals surface area (Å²) >= 11 is 1.04. The fourth-order valence-corrected chi connectivity index (χ4v) is 4.07. The van der Waals surface area contributed by atoms with E-state index >= 15 is 0 Å². The number of hydrogen-bond acceptors (Lipinski definition) is 4. The summed E-state index contributed by atoms with van der Waals surface area (Å²) in [4.78, 5) is 19.1. The standard InChI is InChI=1S/C16H18F3N3OS/c1-8-11-4-5-12(16(17,18)19)21-14(11)24-13(8)15(23)22-7-6-20-9(2)10(22)3/h4-5,9-10,20H,6-7H2,1-3H3. The Balaban J connectivity index is 2.00. The number of nitrogens with zero attached hydrogens (tertiary/aromatic N) is 2. The lowest BCUT2D eigenvalue weighted by Crippen LogP contribution is -2.57. The Bertz CT molecular complexity index is 787. The van der Waals surface area contributed by atoms with E-state index in [0.29, 0.717) is 28.9 Å². The number of piperazine rings is 1. The van der Waals surface area contributed by atoms with Gasteiger partial charge in [0.05, 0.1) is 4.88 Å². The Labute approximate surface area is 141 Å². The first-order valence-corrected chi connectivity index (χ1v) is 8.53. The van der Waals surface area contributed by atoms with Crippen LogP contribution in [0.25, 0.3) is 10.2 Å². The van der Waals surface area contributed by atoms with E-state index < -0.39 is 11.9 Å². The van der Waals surface area contributed by atoms with Gasteiger partial charge in [-0.05, 0) is 38.5 Å². The van der Waals surface area contributed by atoms with Crippen LogP contribution in [0.15, 0.2) is 12.1 Å². The molecule has 3 heterocycles. The van der Waals surface area contributed by atoms with Crippen molar-refractivity contribution < 1.29 is 18.0 Å². The van der Waals surface area contributed by atoms with Crippen LogP contribution in [-0.2, 0) is 6.18 Å². The number of thiophene rings is 1. The molecule has 0 spiro atoms. The summed E-state index contributed by atoms with van der Waals surface area (Å²) in [5, 5.41) is 3.91. The normalized spacial score (nSPS) is 22.2. The fraction of sp³-hybridized carbons (Fsp3) is 0.500. The van der Waals surface area contributed by atoms with Gasteiger partial charge in [-0.15, -0.1) is 11.3 Å². The van der Waals surface area contributed by atoms with Crippen molar-refractivity contribution in [2.45, 2.75) is 39.0 Å². The second kappa shape index (κ2) is 6.00. The number of halogens is 3. The predicted molar refractivity (Wildman–Crippen MR) is 87.3 cm³/mol. The molecule has 0 bridgehead atoms. The fourth-order valence-electron chi connectivity index (χ4n) is 2.93. The van der Waals surface area contributed by atoms with Crippen molar-refractivity contribution in [3.05, 3.63) is 28.3 Å². The minimum absolute atomic E-state index is 0.0227. The summed E-state index contributed by atoms with van der Waals surface area (Å²) in [7, 11) is 0. The highest BCUT2D eigenvalue weighted by atomic mass is 32.1. The number of pyridine rings is 1. The number of rotatable bonds is 1. The zero-order valence-corrected chi connectivity index (χ0v) is 14.4. The molecule has 8 heteroatoms. The molecule has 0 aliphatic carbocycles. The SMILES string of the molecule is Cc1c(C(=O)N2CCNC(C)C2C)sc2nc(C(F)(F)F)ccc12. The minimum atomic E-state index is -4.49. The van der Waals surface area contributed by atoms with Gasteiger partial charge in [0.2, 0.25) is 0 Å². The van der Waals surface area contributed by atoms with E-state index in [1.165, 1.54) is 6.07 Å². The smallest absolute Gasteiger partial charge is 0.332 e. The molecule has 0 radical (unpaired) electrons. The third kappa shape index (κ3) is 2.88. The number of nitrogens with one attached hydrogen (secondary N) is 1. The second-order valence-corrected chi connectivity index (χ2v) is 7.08. The molecular formula is C16H18F3N3OS. The number of fused-ring (bicyclic) bond motifs is 1. The Morgan fingerprint density at radius 2 is 2.08 bits per heavy atom. The lowest BCUT2D eigenvalue weighted by atomic mass is 10.1. The predicted octanol–water partition coefficient (Wildman–Crippen LogP) is 3.45. The molecule has 24 heavy (non-hydrogen) atoms. The van der Waals surface area contributed by atoms with Gasteiger partial charge in [0.1, 0.15) is 10.5 Å². The number of alkyl halides is 3. The molecular weight excluding hydrogens is 339 g/mol. The first-order valence-electron chi connectivity index (χ1n) is 7.72. The van der Waals surface area contributed by atoms with Gasteiger partial charge < -0.3 is 10.2 Å². The van der Waals surface area contributed by atoms with E-state index in [1.54, 1.807) is 11.8 Å². The molecule has 3 rings (SSSR count). The molecule has 1 N–H and O–H groups in total. The van der Waals surface area contributed by atoms with Crippen molar-refractivity contribution in [2.24, 2.45) is 0 Å². The van der Waals surface area contributed by atoms with Gasteiger partial charge in [-0.1, -0.05) is 0 Å². The van der Waals surface area contributed by atoms with E-state index in [0.717, 1.165) is 17.4 Å². The number of carbonyl (C=O) groups is 1. The molecule has 130 valence electrons. The van der Waals surface area contributed by atoms with Gasteiger partial charge in [-0.3, -0.25) is 4.79 Å². The average Bonchev–Trinajstić information content (AvgIpc) is 2.85. The number of hydrogen-bond donors (Lipinski definition) is 1. The molecule has 0 saturated carbocycles. The molecule has 4 nitrogen and oxygen atoms in total. The van der Waals surface area contributed by atoms with Crippen molar-refractivity contribution in [3.63, 3.8) is 0 Å². The van der Waals surface area contributed by atoms with Gasteiger partial charge in [0.25, 0.3) is 5.91 Å². The van der Waals surface area contributed by atoms with Crippen LogP contribution in [-0.4, -0.2) is 41.0 Å². The number of aryl methyl sites for hydroxylation is 1. The average molecular weight is 357 g/mol. The van der Waals surface area contributed by atoms with E-state index in [-0.39, 0.29) is 22.8 Å². The maximum Gasteiger partial charge on any atom is 0.433 e. The summed E-state index contributed by atoms with van der Waals surface area (Å²) in [5.41, 5.74) is -0.237. The van der Waals surface area contributed by atoms with Crippen LogP contribution in [0.1, 0.15) is 34.8 Å². The number of amides is 1. The van der Waals surface area contributed by atoms with Gasteiger partial charge in [0, 0.05) is 30.6 Å². The lowest BCUT2D eigenvalue weighted by molar-refractivity contribution is -0.140. The Morgan fingerprint density at radius 3 is 2.75 bits per heavy atom. The molecule has 2 aromatic rings.